The van der Waals surface area contributed by atoms with Gasteiger partial charge in [0.1, 0.15) is 6.61 Å². The Morgan fingerprint density at radius 3 is 2.73 bits per heavy atom. The molecule has 0 aliphatic carbocycles. The lowest BCUT2D eigenvalue weighted by atomic mass is 10.2. The fraction of sp³-hybridized carbons (Fsp3) is 0.111. The second-order valence-electron chi connectivity index (χ2n) is 4.96. The summed E-state index contributed by atoms with van der Waals surface area (Å²) >= 11 is 0. The van der Waals surface area contributed by atoms with Crippen LogP contribution in [0.25, 0.3) is 11.7 Å². The van der Waals surface area contributed by atoms with Crippen LogP contribution in [0.3, 0.4) is 0 Å². The van der Waals surface area contributed by atoms with Crippen LogP contribution in [0.2, 0.25) is 0 Å². The maximum absolute atomic E-state index is 12.4. The Morgan fingerprint density at radius 1 is 1.23 bits per heavy atom. The molecule has 0 saturated heterocycles. The molecule has 110 valence electrons. The molecule has 0 radical (unpaired) electrons. The van der Waals surface area contributed by atoms with E-state index in [-0.39, 0.29) is 5.56 Å². The highest BCUT2D eigenvalue weighted by Gasteiger charge is 2.10. The van der Waals surface area contributed by atoms with Crippen LogP contribution in [-0.2, 0) is 6.61 Å². The number of benzene rings is 1. The van der Waals surface area contributed by atoms with E-state index in [0.717, 1.165) is 5.56 Å². The fourth-order valence-electron chi connectivity index (χ4n) is 2.34. The lowest BCUT2D eigenvalue weighted by Gasteiger charge is -2.11. The summed E-state index contributed by atoms with van der Waals surface area (Å²) in [6.45, 7) is 5.90. The molecule has 0 aliphatic rings. The standard InChI is InChI=1S/C18H16N2O2/c1-3-15-13(2)19-17-16(10-7-11-20(17)18(15)21)22-12-14-8-5-4-6-9-14/h3-11H,1,12H2,2H3. The summed E-state index contributed by atoms with van der Waals surface area (Å²) < 4.78 is 7.33. The van der Waals surface area contributed by atoms with Gasteiger partial charge in [-0.25, -0.2) is 4.98 Å². The molecule has 3 aromatic rings. The molecular formula is C18H16N2O2. The molecule has 0 bridgehead atoms. The molecule has 0 saturated carbocycles. The number of hydrogen-bond acceptors (Lipinski definition) is 3. The molecule has 0 atom stereocenters. The van der Waals surface area contributed by atoms with Crippen LogP contribution in [0.4, 0.5) is 0 Å². The average molecular weight is 292 g/mol. The van der Waals surface area contributed by atoms with Gasteiger partial charge in [-0.05, 0) is 24.6 Å². The van der Waals surface area contributed by atoms with Crippen molar-refractivity contribution in [3.05, 3.63) is 82.4 Å². The summed E-state index contributed by atoms with van der Waals surface area (Å²) in [5.41, 5.74) is 2.61. The first kappa shape index (κ1) is 14.1. The molecule has 0 unspecified atom stereocenters. The second-order valence-corrected chi connectivity index (χ2v) is 4.96. The largest absolute Gasteiger partial charge is 0.485 e. The van der Waals surface area contributed by atoms with Crippen molar-refractivity contribution in [1.82, 2.24) is 9.38 Å². The highest BCUT2D eigenvalue weighted by atomic mass is 16.5. The summed E-state index contributed by atoms with van der Waals surface area (Å²) in [7, 11) is 0. The first-order chi connectivity index (χ1) is 10.7. The Hall–Kier alpha value is -2.88. The molecule has 3 rings (SSSR count). The topological polar surface area (TPSA) is 43.6 Å². The van der Waals surface area contributed by atoms with Crippen molar-refractivity contribution in [2.45, 2.75) is 13.5 Å². The quantitative estimate of drug-likeness (QED) is 0.741. The fourth-order valence-corrected chi connectivity index (χ4v) is 2.34. The van der Waals surface area contributed by atoms with Gasteiger partial charge in [0.25, 0.3) is 5.56 Å². The van der Waals surface area contributed by atoms with Gasteiger partial charge in [0.2, 0.25) is 0 Å². The Morgan fingerprint density at radius 2 is 2.00 bits per heavy atom. The average Bonchev–Trinajstić information content (AvgIpc) is 2.54. The monoisotopic (exact) mass is 292 g/mol. The summed E-state index contributed by atoms with van der Waals surface area (Å²) in [6.07, 6.45) is 3.22. The zero-order valence-corrected chi connectivity index (χ0v) is 12.3. The number of aryl methyl sites for hydroxylation is 1. The number of fused-ring (bicyclic) bond motifs is 1. The van der Waals surface area contributed by atoms with Crippen molar-refractivity contribution in [3.63, 3.8) is 0 Å². The molecular weight excluding hydrogens is 276 g/mol. The Kier molecular flexibility index (Phi) is 3.74. The Labute approximate surface area is 128 Å². The predicted molar refractivity (Wildman–Crippen MR) is 87.1 cm³/mol. The third-order valence-electron chi connectivity index (χ3n) is 3.49. The minimum absolute atomic E-state index is 0.136. The van der Waals surface area contributed by atoms with E-state index in [2.05, 4.69) is 11.6 Å². The molecule has 4 nitrogen and oxygen atoms in total. The van der Waals surface area contributed by atoms with Crippen molar-refractivity contribution in [2.24, 2.45) is 0 Å². The lowest BCUT2D eigenvalue weighted by molar-refractivity contribution is 0.308. The van der Waals surface area contributed by atoms with Crippen LogP contribution >= 0.6 is 0 Å². The SMILES string of the molecule is C=Cc1c(C)nc2c(OCc3ccccc3)cccn2c1=O. The van der Waals surface area contributed by atoms with Crippen LogP contribution in [0.15, 0.2) is 60.0 Å². The number of hydrogen-bond donors (Lipinski definition) is 0. The van der Waals surface area contributed by atoms with E-state index >= 15 is 0 Å². The molecule has 0 aliphatic heterocycles. The van der Waals surface area contributed by atoms with Gasteiger partial charge in [-0.1, -0.05) is 43.0 Å². The third-order valence-corrected chi connectivity index (χ3v) is 3.49. The Balaban J connectivity index is 2.04. The molecule has 4 heteroatoms. The lowest BCUT2D eigenvalue weighted by Crippen LogP contribution is -2.19. The zero-order valence-electron chi connectivity index (χ0n) is 12.3. The maximum atomic E-state index is 12.4. The van der Waals surface area contributed by atoms with Crippen molar-refractivity contribution in [3.8, 4) is 5.75 Å². The van der Waals surface area contributed by atoms with Gasteiger partial charge < -0.3 is 4.74 Å². The number of nitrogens with zero attached hydrogens (tertiary/aromatic N) is 2. The number of ether oxygens (including phenoxy) is 1. The van der Waals surface area contributed by atoms with Crippen molar-refractivity contribution in [2.75, 3.05) is 0 Å². The van der Waals surface area contributed by atoms with Crippen LogP contribution in [0.5, 0.6) is 5.75 Å². The molecule has 0 amide bonds. The summed E-state index contributed by atoms with van der Waals surface area (Å²) in [5, 5.41) is 0. The maximum Gasteiger partial charge on any atom is 0.265 e. The van der Waals surface area contributed by atoms with Crippen molar-refractivity contribution in [1.29, 1.82) is 0 Å². The van der Waals surface area contributed by atoms with E-state index in [1.807, 2.05) is 36.4 Å². The minimum atomic E-state index is -0.136. The van der Waals surface area contributed by atoms with Gasteiger partial charge in [0.15, 0.2) is 11.4 Å². The predicted octanol–water partition coefficient (Wildman–Crippen LogP) is 3.22. The van der Waals surface area contributed by atoms with Gasteiger partial charge in [-0.3, -0.25) is 9.20 Å². The van der Waals surface area contributed by atoms with E-state index in [4.69, 9.17) is 4.74 Å². The summed E-state index contributed by atoms with van der Waals surface area (Å²) in [6, 6.07) is 13.5. The van der Waals surface area contributed by atoms with Crippen LogP contribution in [-0.4, -0.2) is 9.38 Å². The van der Waals surface area contributed by atoms with Gasteiger partial charge in [0, 0.05) is 6.20 Å². The third kappa shape index (κ3) is 2.51. The first-order valence-corrected chi connectivity index (χ1v) is 7.02. The van der Waals surface area contributed by atoms with Crippen LogP contribution in [0.1, 0.15) is 16.8 Å². The molecule has 0 spiro atoms. The number of aromatic nitrogens is 2. The van der Waals surface area contributed by atoms with E-state index in [0.29, 0.717) is 29.3 Å². The van der Waals surface area contributed by atoms with E-state index < -0.39 is 0 Å². The molecule has 0 N–H and O–H groups in total. The number of rotatable bonds is 4. The molecule has 2 heterocycles. The highest BCUT2D eigenvalue weighted by molar-refractivity contribution is 5.58. The smallest absolute Gasteiger partial charge is 0.265 e. The van der Waals surface area contributed by atoms with Gasteiger partial charge in [0.05, 0.1) is 11.3 Å². The second kappa shape index (κ2) is 5.85. The Bertz CT molecular complexity index is 883. The minimum Gasteiger partial charge on any atom is -0.485 e. The molecule has 0 fully saturated rings. The van der Waals surface area contributed by atoms with E-state index in [9.17, 15) is 4.79 Å². The highest BCUT2D eigenvalue weighted by Crippen LogP contribution is 2.19. The van der Waals surface area contributed by atoms with E-state index in [1.54, 1.807) is 19.2 Å². The first-order valence-electron chi connectivity index (χ1n) is 7.02. The summed E-state index contributed by atoms with van der Waals surface area (Å²) in [4.78, 5) is 16.9. The number of pyridine rings is 1. The molecule has 1 aromatic carbocycles. The molecule has 2 aromatic heterocycles. The van der Waals surface area contributed by atoms with Gasteiger partial charge in [-0.2, -0.15) is 0 Å². The van der Waals surface area contributed by atoms with Crippen LogP contribution < -0.4 is 10.3 Å². The van der Waals surface area contributed by atoms with E-state index in [1.165, 1.54) is 10.5 Å². The van der Waals surface area contributed by atoms with Gasteiger partial charge in [-0.15, -0.1) is 0 Å². The molecule has 22 heavy (non-hydrogen) atoms. The van der Waals surface area contributed by atoms with Gasteiger partial charge >= 0.3 is 0 Å². The zero-order chi connectivity index (χ0) is 15.5. The van der Waals surface area contributed by atoms with Crippen molar-refractivity contribution < 1.29 is 4.74 Å². The summed E-state index contributed by atoms with van der Waals surface area (Å²) in [5.74, 6) is 0.585. The van der Waals surface area contributed by atoms with Crippen LogP contribution in [0, 0.1) is 6.92 Å². The normalized spacial score (nSPS) is 10.6. The van der Waals surface area contributed by atoms with Crippen molar-refractivity contribution >= 4 is 11.7 Å².